The van der Waals surface area contributed by atoms with E-state index in [9.17, 15) is 9.59 Å². The topological polar surface area (TPSA) is 40.6 Å². The van der Waals surface area contributed by atoms with E-state index in [-0.39, 0.29) is 35.9 Å². The van der Waals surface area contributed by atoms with Crippen LogP contribution >= 0.6 is 11.3 Å². The molecule has 2 heterocycles. The van der Waals surface area contributed by atoms with Crippen molar-refractivity contribution in [2.75, 3.05) is 13.1 Å². The maximum Gasteiger partial charge on any atom is 0.243 e. The van der Waals surface area contributed by atoms with Crippen LogP contribution in [0.15, 0.2) is 35.7 Å². The van der Waals surface area contributed by atoms with Gasteiger partial charge < -0.3 is 9.80 Å². The van der Waals surface area contributed by atoms with Gasteiger partial charge in [-0.1, -0.05) is 64.3 Å². The highest BCUT2D eigenvalue weighted by Crippen LogP contribution is 2.39. The molecule has 0 N–H and O–H groups in total. The number of hydrogen-bond donors (Lipinski definition) is 0. The van der Waals surface area contributed by atoms with Gasteiger partial charge in [0.2, 0.25) is 11.8 Å². The molecule has 1 saturated carbocycles. The molecule has 5 heteroatoms. The lowest BCUT2D eigenvalue weighted by atomic mass is 9.89. The lowest BCUT2D eigenvalue weighted by molar-refractivity contribution is -0.145. The quantitative estimate of drug-likeness (QED) is 0.532. The Balaban J connectivity index is 1.62. The van der Waals surface area contributed by atoms with Crippen molar-refractivity contribution in [1.82, 2.24) is 9.80 Å². The van der Waals surface area contributed by atoms with Crippen molar-refractivity contribution in [2.45, 2.75) is 84.7 Å². The third kappa shape index (κ3) is 5.51. The zero-order valence-corrected chi connectivity index (χ0v) is 21.4. The summed E-state index contributed by atoms with van der Waals surface area (Å²) in [6.45, 7) is 9.33. The van der Waals surface area contributed by atoms with Gasteiger partial charge in [-0.2, -0.15) is 0 Å². The van der Waals surface area contributed by atoms with Crippen LogP contribution in [0.4, 0.5) is 0 Å². The number of benzene rings is 1. The molecule has 2 amide bonds. The first kappa shape index (κ1) is 24.0. The summed E-state index contributed by atoms with van der Waals surface area (Å²) in [5.41, 5.74) is 3.55. The van der Waals surface area contributed by atoms with Gasteiger partial charge in [-0.15, -0.1) is 11.3 Å². The summed E-state index contributed by atoms with van der Waals surface area (Å²) in [6.07, 6.45) is 6.91. The molecule has 1 aromatic heterocycles. The largest absolute Gasteiger partial charge is 0.330 e. The fourth-order valence-corrected chi connectivity index (χ4v) is 6.32. The molecule has 178 valence electrons. The van der Waals surface area contributed by atoms with E-state index in [1.807, 2.05) is 9.80 Å². The standard InChI is InChI=1S/C28H38N2O2S/c1-20-10-8-9-13-22(20)27-23-15-17-33-24(23)14-16-29(27)26(32)19-30(21-11-6-5-7-12-21)25(31)18-28(2,3)4/h8-10,13,15,17,21,27H,5-7,11-12,14,16,18-19H2,1-4H3. The second-order valence-corrected chi connectivity index (χ2v) is 11.9. The van der Waals surface area contributed by atoms with Gasteiger partial charge in [0.05, 0.1) is 6.04 Å². The van der Waals surface area contributed by atoms with Crippen LogP contribution in [0, 0.1) is 12.3 Å². The fraction of sp³-hybridized carbons (Fsp3) is 0.571. The van der Waals surface area contributed by atoms with Gasteiger partial charge in [0.25, 0.3) is 0 Å². The molecule has 4 nitrogen and oxygen atoms in total. The van der Waals surface area contributed by atoms with E-state index < -0.39 is 0 Å². The van der Waals surface area contributed by atoms with Crippen LogP contribution in [-0.4, -0.2) is 40.7 Å². The van der Waals surface area contributed by atoms with Crippen LogP contribution in [0.3, 0.4) is 0 Å². The first-order valence-corrected chi connectivity index (χ1v) is 13.3. The highest BCUT2D eigenvalue weighted by molar-refractivity contribution is 7.10. The van der Waals surface area contributed by atoms with Gasteiger partial charge in [-0.25, -0.2) is 0 Å². The Morgan fingerprint density at radius 3 is 2.48 bits per heavy atom. The van der Waals surface area contributed by atoms with E-state index in [2.05, 4.69) is 63.4 Å². The monoisotopic (exact) mass is 466 g/mol. The molecule has 0 radical (unpaired) electrons. The number of thiophene rings is 1. The SMILES string of the molecule is Cc1ccccc1C1c2ccsc2CCN1C(=O)CN(C(=O)CC(C)(C)C)C1CCCCC1. The van der Waals surface area contributed by atoms with E-state index in [4.69, 9.17) is 0 Å². The van der Waals surface area contributed by atoms with E-state index in [0.29, 0.717) is 13.0 Å². The average Bonchev–Trinajstić information content (AvgIpc) is 3.25. The normalized spacial score (nSPS) is 19.3. The molecule has 0 saturated heterocycles. The highest BCUT2D eigenvalue weighted by Gasteiger charge is 2.36. The Morgan fingerprint density at radius 2 is 1.79 bits per heavy atom. The van der Waals surface area contributed by atoms with Crippen molar-refractivity contribution < 1.29 is 9.59 Å². The summed E-state index contributed by atoms with van der Waals surface area (Å²) < 4.78 is 0. The molecule has 1 aliphatic carbocycles. The summed E-state index contributed by atoms with van der Waals surface area (Å²) in [5, 5.41) is 2.14. The molecule has 2 aromatic rings. The first-order chi connectivity index (χ1) is 15.7. The Labute approximate surface area is 203 Å². The molecule has 1 aromatic carbocycles. The Morgan fingerprint density at radius 1 is 1.06 bits per heavy atom. The third-order valence-electron chi connectivity index (χ3n) is 7.09. The maximum absolute atomic E-state index is 13.9. The zero-order chi connectivity index (χ0) is 23.6. The summed E-state index contributed by atoms with van der Waals surface area (Å²) in [4.78, 5) is 32.6. The van der Waals surface area contributed by atoms with Gasteiger partial charge >= 0.3 is 0 Å². The molecular weight excluding hydrogens is 428 g/mol. The number of hydrogen-bond acceptors (Lipinski definition) is 3. The molecule has 1 atom stereocenters. The van der Waals surface area contributed by atoms with Crippen LogP contribution in [0.25, 0.3) is 0 Å². The van der Waals surface area contributed by atoms with E-state index in [1.165, 1.54) is 28.0 Å². The Kier molecular flexibility index (Phi) is 7.28. The first-order valence-electron chi connectivity index (χ1n) is 12.5. The zero-order valence-electron chi connectivity index (χ0n) is 20.6. The van der Waals surface area contributed by atoms with Gasteiger partial charge in [0.15, 0.2) is 0 Å². The Bertz CT molecular complexity index is 984. The molecular formula is C28H38N2O2S. The molecule has 0 spiro atoms. The number of nitrogens with zero attached hydrogens (tertiary/aromatic N) is 2. The van der Waals surface area contributed by atoms with Gasteiger partial charge in [0, 0.05) is 23.9 Å². The number of carbonyl (C=O) groups is 2. The van der Waals surface area contributed by atoms with Crippen molar-refractivity contribution in [3.8, 4) is 0 Å². The molecule has 0 bridgehead atoms. The van der Waals surface area contributed by atoms with E-state index in [1.54, 1.807) is 11.3 Å². The summed E-state index contributed by atoms with van der Waals surface area (Å²) >= 11 is 1.79. The number of fused-ring (bicyclic) bond motifs is 1. The van der Waals surface area contributed by atoms with Crippen LogP contribution in [0.2, 0.25) is 0 Å². The van der Waals surface area contributed by atoms with Gasteiger partial charge in [-0.05, 0) is 59.7 Å². The lowest BCUT2D eigenvalue weighted by Crippen LogP contribution is -2.50. The van der Waals surface area contributed by atoms with Crippen molar-refractivity contribution in [3.63, 3.8) is 0 Å². The highest BCUT2D eigenvalue weighted by atomic mass is 32.1. The second-order valence-electron chi connectivity index (χ2n) is 10.9. The smallest absolute Gasteiger partial charge is 0.243 e. The fourth-order valence-electron chi connectivity index (χ4n) is 5.42. The molecule has 33 heavy (non-hydrogen) atoms. The molecule has 1 unspecified atom stereocenters. The average molecular weight is 467 g/mol. The minimum Gasteiger partial charge on any atom is -0.330 e. The van der Waals surface area contributed by atoms with Crippen LogP contribution < -0.4 is 0 Å². The van der Waals surface area contributed by atoms with Crippen LogP contribution in [0.1, 0.15) is 86.9 Å². The third-order valence-corrected chi connectivity index (χ3v) is 8.09. The van der Waals surface area contributed by atoms with Crippen molar-refractivity contribution in [1.29, 1.82) is 0 Å². The van der Waals surface area contributed by atoms with Crippen LogP contribution in [0.5, 0.6) is 0 Å². The summed E-state index contributed by atoms with van der Waals surface area (Å²) in [7, 11) is 0. The second kappa shape index (κ2) is 10.0. The minimum atomic E-state index is -0.0898. The molecule has 1 fully saturated rings. The predicted octanol–water partition coefficient (Wildman–Crippen LogP) is 6.13. The summed E-state index contributed by atoms with van der Waals surface area (Å²) in [5.74, 6) is 0.205. The van der Waals surface area contributed by atoms with Gasteiger partial charge in [-0.3, -0.25) is 9.59 Å². The van der Waals surface area contributed by atoms with Crippen molar-refractivity contribution in [3.05, 3.63) is 57.3 Å². The summed E-state index contributed by atoms with van der Waals surface area (Å²) in [6, 6.07) is 10.7. The number of rotatable bonds is 5. The predicted molar refractivity (Wildman–Crippen MR) is 135 cm³/mol. The van der Waals surface area contributed by atoms with Crippen molar-refractivity contribution >= 4 is 23.2 Å². The lowest BCUT2D eigenvalue weighted by Gasteiger charge is -2.40. The maximum atomic E-state index is 13.9. The number of aryl methyl sites for hydroxylation is 1. The molecule has 2 aliphatic rings. The molecule has 4 rings (SSSR count). The van der Waals surface area contributed by atoms with Crippen LogP contribution in [-0.2, 0) is 16.0 Å². The molecule has 1 aliphatic heterocycles. The van der Waals surface area contributed by atoms with Gasteiger partial charge in [0.1, 0.15) is 6.54 Å². The van der Waals surface area contributed by atoms with E-state index >= 15 is 0 Å². The van der Waals surface area contributed by atoms with E-state index in [0.717, 1.165) is 32.1 Å². The number of carbonyl (C=O) groups excluding carboxylic acids is 2. The minimum absolute atomic E-state index is 0.0698. The Hall–Kier alpha value is -2.14. The van der Waals surface area contributed by atoms with Crippen molar-refractivity contribution in [2.24, 2.45) is 5.41 Å². The number of amides is 2.